The first-order valence-electron chi connectivity index (χ1n) is 24.0. The van der Waals surface area contributed by atoms with E-state index < -0.39 is 0 Å². The van der Waals surface area contributed by atoms with Gasteiger partial charge in [0, 0.05) is 38.5 Å². The van der Waals surface area contributed by atoms with Crippen molar-refractivity contribution in [2.24, 2.45) is 0 Å². The fraction of sp³-hybridized carbons (Fsp3) is 0.0923. The summed E-state index contributed by atoms with van der Waals surface area (Å²) in [6.07, 6.45) is 0. The normalized spacial score (nSPS) is 11.6. The molecule has 0 radical (unpaired) electrons. The van der Waals surface area contributed by atoms with Gasteiger partial charge >= 0.3 is 0 Å². The SMILES string of the molecule is Cc1cc(C)nc(-c2cc(-n3c4cc(-c5ccccc5C)ccc4c4ccc(-c5ccccc5C)cc43)c(C#N)cc2-n2c3cc(-c4ccccc4C)ccc3c3ccc(-c4ccccc4C)cc32)n1. The highest BCUT2D eigenvalue weighted by atomic mass is 15.0. The number of nitrogens with zero attached hydrogens (tertiary/aromatic N) is 5. The molecule has 3 heterocycles. The highest BCUT2D eigenvalue weighted by molar-refractivity contribution is 6.13. The summed E-state index contributed by atoms with van der Waals surface area (Å²) in [5.41, 5.74) is 22.7. The molecule has 0 bridgehead atoms. The van der Waals surface area contributed by atoms with E-state index in [1.807, 2.05) is 19.9 Å². The number of benzene rings is 9. The predicted molar refractivity (Wildman–Crippen MR) is 291 cm³/mol. The third-order valence-corrected chi connectivity index (χ3v) is 14.3. The van der Waals surface area contributed by atoms with Gasteiger partial charge in [-0.05, 0) is 151 Å². The number of rotatable bonds is 7. The molecule has 5 nitrogen and oxygen atoms in total. The molecule has 0 N–H and O–H groups in total. The Bertz CT molecular complexity index is 3930. The Morgan fingerprint density at radius 1 is 0.343 bits per heavy atom. The van der Waals surface area contributed by atoms with Crippen LogP contribution in [0.25, 0.3) is 111 Å². The summed E-state index contributed by atoms with van der Waals surface area (Å²) in [5.74, 6) is 0.598. The van der Waals surface area contributed by atoms with Crippen molar-refractivity contribution in [3.8, 4) is 73.3 Å². The van der Waals surface area contributed by atoms with Crippen molar-refractivity contribution in [2.75, 3.05) is 0 Å². The van der Waals surface area contributed by atoms with Crippen LogP contribution in [0, 0.1) is 52.9 Å². The minimum Gasteiger partial charge on any atom is -0.308 e. The third kappa shape index (κ3) is 6.99. The van der Waals surface area contributed by atoms with E-state index in [0.29, 0.717) is 11.4 Å². The van der Waals surface area contributed by atoms with Crippen LogP contribution in [0.1, 0.15) is 39.2 Å². The van der Waals surface area contributed by atoms with Crippen molar-refractivity contribution in [3.63, 3.8) is 0 Å². The summed E-state index contributed by atoms with van der Waals surface area (Å²) >= 11 is 0. The highest BCUT2D eigenvalue weighted by Gasteiger charge is 2.25. The number of fused-ring (bicyclic) bond motifs is 6. The summed E-state index contributed by atoms with van der Waals surface area (Å²) in [4.78, 5) is 10.4. The Kier molecular flexibility index (Phi) is 10.2. The Morgan fingerprint density at radius 3 is 1.00 bits per heavy atom. The van der Waals surface area contributed by atoms with Gasteiger partial charge in [0.05, 0.1) is 39.0 Å². The zero-order valence-electron chi connectivity index (χ0n) is 40.1. The summed E-state index contributed by atoms with van der Waals surface area (Å²) in [5, 5.41) is 16.1. The summed E-state index contributed by atoms with van der Waals surface area (Å²) in [7, 11) is 0. The van der Waals surface area contributed by atoms with Crippen LogP contribution in [0.4, 0.5) is 0 Å². The Hall–Kier alpha value is -8.85. The summed E-state index contributed by atoms with van der Waals surface area (Å²) < 4.78 is 4.66. The van der Waals surface area contributed by atoms with Crippen LogP contribution in [0.3, 0.4) is 0 Å². The Labute approximate surface area is 408 Å². The van der Waals surface area contributed by atoms with Crippen molar-refractivity contribution in [2.45, 2.75) is 41.5 Å². The van der Waals surface area contributed by atoms with Gasteiger partial charge in [-0.2, -0.15) is 5.26 Å². The average Bonchev–Trinajstić information content (AvgIpc) is 3.87. The second-order valence-electron chi connectivity index (χ2n) is 18.8. The molecule has 334 valence electrons. The van der Waals surface area contributed by atoms with Crippen molar-refractivity contribution in [1.82, 2.24) is 19.1 Å². The lowest BCUT2D eigenvalue weighted by Gasteiger charge is -2.19. The number of hydrogen-bond donors (Lipinski definition) is 0. The highest BCUT2D eigenvalue weighted by Crippen LogP contribution is 2.44. The van der Waals surface area contributed by atoms with Crippen LogP contribution in [-0.2, 0) is 0 Å². The summed E-state index contributed by atoms with van der Waals surface area (Å²) in [6, 6.07) is 70.3. The molecule has 0 saturated carbocycles. The molecule has 0 aliphatic rings. The van der Waals surface area contributed by atoms with Gasteiger partial charge < -0.3 is 9.13 Å². The molecule has 5 heteroatoms. The van der Waals surface area contributed by atoms with E-state index >= 15 is 0 Å². The van der Waals surface area contributed by atoms with Gasteiger partial charge in [-0.25, -0.2) is 9.97 Å². The first-order valence-corrected chi connectivity index (χ1v) is 24.0. The molecule has 0 fully saturated rings. The number of nitriles is 1. The molecule has 0 amide bonds. The number of hydrogen-bond acceptors (Lipinski definition) is 3. The third-order valence-electron chi connectivity index (χ3n) is 14.3. The van der Waals surface area contributed by atoms with Gasteiger partial charge in [0.15, 0.2) is 5.82 Å². The van der Waals surface area contributed by atoms with E-state index in [9.17, 15) is 5.26 Å². The fourth-order valence-electron chi connectivity index (χ4n) is 10.9. The topological polar surface area (TPSA) is 59.4 Å². The van der Waals surface area contributed by atoms with Crippen molar-refractivity contribution in [1.29, 1.82) is 5.26 Å². The van der Waals surface area contributed by atoms with E-state index in [0.717, 1.165) is 94.2 Å². The lowest BCUT2D eigenvalue weighted by molar-refractivity contribution is 1.05. The molecule has 3 aromatic heterocycles. The van der Waals surface area contributed by atoms with Crippen molar-refractivity contribution < 1.29 is 0 Å². The monoisotopic (exact) mass is 899 g/mol. The molecule has 0 spiro atoms. The molecular weight excluding hydrogens is 851 g/mol. The van der Waals surface area contributed by atoms with E-state index in [4.69, 9.17) is 9.97 Å². The molecule has 0 aliphatic heterocycles. The zero-order chi connectivity index (χ0) is 47.8. The molecule has 12 aromatic rings. The predicted octanol–water partition coefficient (Wildman–Crippen LogP) is 16.7. The average molecular weight is 900 g/mol. The quantitative estimate of drug-likeness (QED) is 0.160. The van der Waals surface area contributed by atoms with Crippen LogP contribution < -0.4 is 0 Å². The minimum atomic E-state index is 0.532. The molecular formula is C65H49N5. The second kappa shape index (κ2) is 16.7. The van der Waals surface area contributed by atoms with Gasteiger partial charge in [0.2, 0.25) is 0 Å². The van der Waals surface area contributed by atoms with Gasteiger partial charge in [-0.15, -0.1) is 0 Å². The standard InChI is InChI=1S/C65H49N5/c1-39-15-7-11-19-50(39)45-23-27-54-55-28-24-46(51-20-12-8-16-40(51)2)33-61(55)69(60(54)32-45)59-37-58(65-67-43(5)31-44(6)68-65)64(36-49(59)38-66)70-62-34-47(52-21-13-9-17-41(52)3)25-29-56(62)57-30-26-48(35-63(57)70)53-22-14-10-18-42(53)4/h7-37H,1-6H3. The van der Waals surface area contributed by atoms with Crippen LogP contribution in [0.2, 0.25) is 0 Å². The molecule has 70 heavy (non-hydrogen) atoms. The summed E-state index contributed by atoms with van der Waals surface area (Å²) in [6.45, 7) is 12.7. The molecule has 0 saturated heterocycles. The lowest BCUT2D eigenvalue weighted by atomic mass is 9.98. The fourth-order valence-corrected chi connectivity index (χ4v) is 10.9. The van der Waals surface area contributed by atoms with Gasteiger partial charge in [-0.1, -0.05) is 146 Å². The number of aryl methyl sites for hydroxylation is 6. The first kappa shape index (κ1) is 42.5. The van der Waals surface area contributed by atoms with Crippen LogP contribution in [0.5, 0.6) is 0 Å². The molecule has 9 aromatic carbocycles. The Morgan fingerprint density at radius 2 is 0.671 bits per heavy atom. The lowest BCUT2D eigenvalue weighted by Crippen LogP contribution is -2.06. The van der Waals surface area contributed by atoms with Crippen LogP contribution >= 0.6 is 0 Å². The first-order chi connectivity index (χ1) is 34.1. The van der Waals surface area contributed by atoms with Gasteiger partial charge in [0.25, 0.3) is 0 Å². The van der Waals surface area contributed by atoms with E-state index in [1.54, 1.807) is 0 Å². The zero-order valence-corrected chi connectivity index (χ0v) is 40.1. The maximum Gasteiger partial charge on any atom is 0.161 e. The molecule has 0 unspecified atom stereocenters. The second-order valence-corrected chi connectivity index (χ2v) is 18.8. The van der Waals surface area contributed by atoms with Crippen LogP contribution in [0.15, 0.2) is 188 Å². The van der Waals surface area contributed by atoms with E-state index in [1.165, 1.54) is 44.5 Å². The maximum atomic E-state index is 11.6. The molecule has 0 aliphatic carbocycles. The molecule has 0 atom stereocenters. The van der Waals surface area contributed by atoms with Crippen molar-refractivity contribution in [3.05, 3.63) is 227 Å². The van der Waals surface area contributed by atoms with Gasteiger partial charge in [-0.3, -0.25) is 0 Å². The van der Waals surface area contributed by atoms with Gasteiger partial charge in [0.1, 0.15) is 6.07 Å². The Balaban J connectivity index is 1.22. The van der Waals surface area contributed by atoms with Crippen molar-refractivity contribution >= 4 is 43.6 Å². The minimum absolute atomic E-state index is 0.532. The van der Waals surface area contributed by atoms with Crippen LogP contribution in [-0.4, -0.2) is 19.1 Å². The largest absolute Gasteiger partial charge is 0.308 e. The number of aromatic nitrogens is 4. The van der Waals surface area contributed by atoms with E-state index in [-0.39, 0.29) is 0 Å². The smallest absolute Gasteiger partial charge is 0.161 e. The molecule has 12 rings (SSSR count). The van der Waals surface area contributed by atoms with E-state index in [2.05, 4.69) is 225 Å². The maximum absolute atomic E-state index is 11.6.